The van der Waals surface area contributed by atoms with Gasteiger partial charge in [0.05, 0.1) is 5.25 Å². The van der Waals surface area contributed by atoms with E-state index < -0.39 is 0 Å². The number of nitrogens with zero attached hydrogens (tertiary/aromatic N) is 1. The van der Waals surface area contributed by atoms with Gasteiger partial charge in [0, 0.05) is 35.2 Å². The molecule has 22 heavy (non-hydrogen) atoms. The number of carbonyl (C=O) groups excluding carboxylic acids is 1. The maximum Gasteiger partial charge on any atom is 0.178 e. The molecule has 0 fully saturated rings. The SMILES string of the molecule is CCN(CC)C(=S)S[C@@H](C)C(=O)c1c(C)[nH]c2ccccc12. The van der Waals surface area contributed by atoms with E-state index in [9.17, 15) is 4.79 Å². The normalized spacial score (nSPS) is 12.4. The summed E-state index contributed by atoms with van der Waals surface area (Å²) in [5.74, 6) is 0.134. The van der Waals surface area contributed by atoms with Crippen molar-refractivity contribution in [3.05, 3.63) is 35.5 Å². The molecule has 3 nitrogen and oxygen atoms in total. The molecule has 0 aliphatic carbocycles. The molecule has 0 radical (unpaired) electrons. The van der Waals surface area contributed by atoms with Crippen molar-refractivity contribution < 1.29 is 4.79 Å². The second kappa shape index (κ2) is 7.29. The van der Waals surface area contributed by atoms with Gasteiger partial charge < -0.3 is 9.88 Å². The quantitative estimate of drug-likeness (QED) is 0.649. The largest absolute Gasteiger partial charge is 0.358 e. The molecule has 0 aliphatic heterocycles. The summed E-state index contributed by atoms with van der Waals surface area (Å²) < 4.78 is 0.795. The molecule has 1 aromatic carbocycles. The number of thiocarbonyl (C=S) groups is 1. The van der Waals surface area contributed by atoms with E-state index in [0.717, 1.165) is 39.6 Å². The molecule has 0 saturated carbocycles. The first kappa shape index (κ1) is 17.0. The van der Waals surface area contributed by atoms with E-state index in [4.69, 9.17) is 12.2 Å². The number of para-hydroxylation sites is 1. The van der Waals surface area contributed by atoms with Gasteiger partial charge in [-0.2, -0.15) is 0 Å². The van der Waals surface area contributed by atoms with Crippen LogP contribution in [0.2, 0.25) is 0 Å². The van der Waals surface area contributed by atoms with Crippen LogP contribution in [0.5, 0.6) is 0 Å². The van der Waals surface area contributed by atoms with Crippen molar-refractivity contribution in [2.24, 2.45) is 0 Å². The number of ketones is 1. The molecular formula is C17H22N2OS2. The summed E-state index contributed by atoms with van der Waals surface area (Å²) >= 11 is 6.93. The van der Waals surface area contributed by atoms with Gasteiger partial charge in [0.25, 0.3) is 0 Å². The first-order valence-corrected chi connectivity index (χ1v) is 8.85. The third-order valence-electron chi connectivity index (χ3n) is 3.81. The number of carbonyl (C=O) groups is 1. The lowest BCUT2D eigenvalue weighted by Gasteiger charge is -2.22. The zero-order valence-corrected chi connectivity index (χ0v) is 15.1. The van der Waals surface area contributed by atoms with Crippen molar-refractivity contribution in [3.8, 4) is 0 Å². The van der Waals surface area contributed by atoms with Crippen molar-refractivity contribution in [2.45, 2.75) is 32.9 Å². The van der Waals surface area contributed by atoms with Gasteiger partial charge in [0.15, 0.2) is 5.78 Å². The first-order valence-electron chi connectivity index (χ1n) is 7.56. The molecule has 2 rings (SSSR count). The van der Waals surface area contributed by atoms with Crippen LogP contribution in [-0.2, 0) is 0 Å². The summed E-state index contributed by atoms with van der Waals surface area (Å²) in [5, 5.41) is 0.803. The van der Waals surface area contributed by atoms with E-state index in [1.165, 1.54) is 11.8 Å². The monoisotopic (exact) mass is 334 g/mol. The number of nitrogens with one attached hydrogen (secondary N) is 1. The summed E-state index contributed by atoms with van der Waals surface area (Å²) in [6.07, 6.45) is 0. The van der Waals surface area contributed by atoms with Gasteiger partial charge in [-0.3, -0.25) is 4.79 Å². The number of Topliss-reactive ketones (excluding diaryl/α,β-unsaturated/α-hetero) is 1. The van der Waals surface area contributed by atoms with E-state index in [1.54, 1.807) is 0 Å². The number of H-pyrrole nitrogens is 1. The molecule has 0 amide bonds. The Morgan fingerprint density at radius 3 is 2.59 bits per heavy atom. The van der Waals surface area contributed by atoms with Crippen LogP contribution in [-0.4, -0.2) is 38.3 Å². The molecular weight excluding hydrogens is 312 g/mol. The van der Waals surface area contributed by atoms with Crippen LogP contribution >= 0.6 is 24.0 Å². The number of hydrogen-bond acceptors (Lipinski definition) is 3. The zero-order valence-electron chi connectivity index (χ0n) is 13.5. The Kier molecular flexibility index (Phi) is 5.64. The molecule has 0 aliphatic rings. The lowest BCUT2D eigenvalue weighted by Crippen LogP contribution is -2.29. The fourth-order valence-electron chi connectivity index (χ4n) is 2.56. The third-order valence-corrected chi connectivity index (χ3v) is 5.38. The van der Waals surface area contributed by atoms with Crippen molar-refractivity contribution in [1.82, 2.24) is 9.88 Å². The van der Waals surface area contributed by atoms with Gasteiger partial charge >= 0.3 is 0 Å². The number of fused-ring (bicyclic) bond motifs is 1. The predicted molar refractivity (Wildman–Crippen MR) is 99.9 cm³/mol. The zero-order chi connectivity index (χ0) is 16.3. The summed E-state index contributed by atoms with van der Waals surface area (Å²) in [5.41, 5.74) is 2.72. The summed E-state index contributed by atoms with van der Waals surface area (Å²) in [6.45, 7) is 9.78. The van der Waals surface area contributed by atoms with Gasteiger partial charge in [-0.1, -0.05) is 42.2 Å². The van der Waals surface area contributed by atoms with Crippen LogP contribution < -0.4 is 0 Å². The maximum absolute atomic E-state index is 12.9. The number of rotatable bonds is 5. The standard InChI is InChI=1S/C17H22N2OS2/c1-5-19(6-2)17(21)22-12(4)16(20)15-11(3)18-14-10-8-7-9-13(14)15/h7-10,12,18H,5-6H2,1-4H3/t12-/m0/s1. The van der Waals surface area contributed by atoms with Crippen LogP contribution in [0, 0.1) is 6.92 Å². The first-order chi connectivity index (χ1) is 10.5. The highest BCUT2D eigenvalue weighted by Gasteiger charge is 2.23. The molecule has 0 bridgehead atoms. The number of aryl methyl sites for hydroxylation is 1. The van der Waals surface area contributed by atoms with E-state index >= 15 is 0 Å². The van der Waals surface area contributed by atoms with Crippen LogP contribution in [0.3, 0.4) is 0 Å². The van der Waals surface area contributed by atoms with E-state index in [1.807, 2.05) is 38.1 Å². The fraction of sp³-hybridized carbons (Fsp3) is 0.412. The highest BCUT2D eigenvalue weighted by atomic mass is 32.2. The van der Waals surface area contributed by atoms with Gasteiger partial charge in [0.2, 0.25) is 0 Å². The molecule has 0 saturated heterocycles. The molecule has 0 spiro atoms. The topological polar surface area (TPSA) is 36.1 Å². The molecule has 118 valence electrons. The van der Waals surface area contributed by atoms with E-state index in [-0.39, 0.29) is 11.0 Å². The Morgan fingerprint density at radius 1 is 1.32 bits per heavy atom. The third kappa shape index (κ3) is 3.36. The van der Waals surface area contributed by atoms with Crippen LogP contribution in [0.1, 0.15) is 36.8 Å². The lowest BCUT2D eigenvalue weighted by atomic mass is 10.1. The second-order valence-corrected chi connectivity index (χ2v) is 7.21. The highest BCUT2D eigenvalue weighted by molar-refractivity contribution is 8.23. The molecule has 5 heteroatoms. The van der Waals surface area contributed by atoms with Crippen LogP contribution in [0.4, 0.5) is 0 Å². The summed E-state index contributed by atoms with van der Waals surface area (Å²) in [7, 11) is 0. The van der Waals surface area contributed by atoms with Crippen molar-refractivity contribution in [3.63, 3.8) is 0 Å². The number of benzene rings is 1. The average Bonchev–Trinajstić information content (AvgIpc) is 2.83. The summed E-state index contributed by atoms with van der Waals surface area (Å²) in [6, 6.07) is 7.93. The minimum atomic E-state index is -0.189. The van der Waals surface area contributed by atoms with E-state index in [0.29, 0.717) is 0 Å². The highest BCUT2D eigenvalue weighted by Crippen LogP contribution is 2.27. The predicted octanol–water partition coefficient (Wildman–Crippen LogP) is 4.41. The minimum Gasteiger partial charge on any atom is -0.358 e. The maximum atomic E-state index is 12.9. The van der Waals surface area contributed by atoms with E-state index in [2.05, 4.69) is 23.7 Å². The Hall–Kier alpha value is -1.33. The Morgan fingerprint density at radius 2 is 1.95 bits per heavy atom. The fourth-order valence-corrected chi connectivity index (χ4v) is 4.18. The van der Waals surface area contributed by atoms with Gasteiger partial charge in [-0.05, 0) is 33.8 Å². The van der Waals surface area contributed by atoms with Gasteiger partial charge in [-0.15, -0.1) is 0 Å². The van der Waals surface area contributed by atoms with Gasteiger partial charge in [0.1, 0.15) is 4.32 Å². The lowest BCUT2D eigenvalue weighted by molar-refractivity contribution is 0.0995. The molecule has 1 heterocycles. The molecule has 1 atom stereocenters. The smallest absolute Gasteiger partial charge is 0.178 e. The Balaban J connectivity index is 2.23. The Bertz CT molecular complexity index is 689. The number of aromatic nitrogens is 1. The number of thioether (sulfide) groups is 1. The van der Waals surface area contributed by atoms with Crippen LogP contribution in [0.15, 0.2) is 24.3 Å². The van der Waals surface area contributed by atoms with Crippen molar-refractivity contribution >= 4 is 45.0 Å². The molecule has 2 aromatic rings. The average molecular weight is 335 g/mol. The summed E-state index contributed by atoms with van der Waals surface area (Å²) in [4.78, 5) is 18.2. The number of hydrogen-bond donors (Lipinski definition) is 1. The minimum absolute atomic E-state index is 0.134. The van der Waals surface area contributed by atoms with Crippen molar-refractivity contribution in [2.75, 3.05) is 13.1 Å². The van der Waals surface area contributed by atoms with Crippen molar-refractivity contribution in [1.29, 1.82) is 0 Å². The number of aromatic amines is 1. The van der Waals surface area contributed by atoms with Crippen LogP contribution in [0.25, 0.3) is 10.9 Å². The molecule has 1 N–H and O–H groups in total. The second-order valence-electron chi connectivity index (χ2n) is 5.23. The Labute approximate surface area is 141 Å². The van der Waals surface area contributed by atoms with Gasteiger partial charge in [-0.25, -0.2) is 0 Å². The molecule has 0 unspecified atom stereocenters. The molecule has 1 aromatic heterocycles.